The number of benzene rings is 4. The van der Waals surface area contributed by atoms with Crippen molar-refractivity contribution < 1.29 is 37.8 Å². The van der Waals surface area contributed by atoms with Crippen LogP contribution in [0, 0.1) is 17.2 Å². The minimum absolute atomic E-state index is 0.188. The van der Waals surface area contributed by atoms with Crippen LogP contribution in [-0.2, 0) is 32.1 Å². The van der Waals surface area contributed by atoms with E-state index in [-0.39, 0.29) is 18.2 Å². The number of carbonyl (C=O) groups is 5. The van der Waals surface area contributed by atoms with E-state index in [2.05, 4.69) is 25.8 Å². The predicted molar refractivity (Wildman–Crippen MR) is 241 cm³/mol. The summed E-state index contributed by atoms with van der Waals surface area (Å²) in [6.07, 6.45) is 6.96. The largest absolute Gasteiger partial charge is 0.495 e. The first-order valence-corrected chi connectivity index (χ1v) is 22.0. The number of anilines is 3. The molecule has 0 spiro atoms. The molecule has 5 heterocycles. The molecule has 3 N–H and O–H groups in total. The number of aryl methyl sites for hydroxylation is 1. The van der Waals surface area contributed by atoms with E-state index in [4.69, 9.17) is 14.5 Å². The molecule has 330 valence electrons. The van der Waals surface area contributed by atoms with Crippen molar-refractivity contribution in [1.82, 2.24) is 20.2 Å². The van der Waals surface area contributed by atoms with Crippen LogP contribution in [0.1, 0.15) is 66.6 Å². The standard InChI is InChI=1S/C50H46FN7O7/c1-64-44-26-38-40(52-21-16-43(38)65-36-12-10-35(11-13-36)55-49(63)50(19-20-50)48(62)54-34-8-4-32(51)5-9-34)27-42(44)57-22-17-29(18-23-57)2-6-33-7-3-30-24-37-31(25-39(30)53-33)28-58(47(37)61)41-14-15-45(59)56-46(41)60/h3-5,7-13,16,21,24-27,29,41H,2,6,14-15,17-20,22-23,28H2,1H3,(H,54,62)(H,55,63)(H,56,59,60)/t41-/m0/s1. The van der Waals surface area contributed by atoms with Gasteiger partial charge in [0.1, 0.15) is 34.5 Å². The lowest BCUT2D eigenvalue weighted by Crippen LogP contribution is -2.52. The number of amides is 5. The summed E-state index contributed by atoms with van der Waals surface area (Å²) in [7, 11) is 1.66. The Hall–Kier alpha value is -7.42. The van der Waals surface area contributed by atoms with Gasteiger partial charge in [0.2, 0.25) is 23.6 Å². The van der Waals surface area contributed by atoms with Crippen molar-refractivity contribution in [3.8, 4) is 17.2 Å². The van der Waals surface area contributed by atoms with E-state index >= 15 is 0 Å². The zero-order chi connectivity index (χ0) is 44.8. The average molecular weight is 876 g/mol. The molecule has 14 nitrogen and oxygen atoms in total. The quantitative estimate of drug-likeness (QED) is 0.0818. The Labute approximate surface area is 373 Å². The number of halogens is 1. The minimum atomic E-state index is -1.17. The fraction of sp³-hybridized carbons (Fsp3) is 0.300. The van der Waals surface area contributed by atoms with E-state index in [0.717, 1.165) is 83.3 Å². The summed E-state index contributed by atoms with van der Waals surface area (Å²) >= 11 is 0. The van der Waals surface area contributed by atoms with Crippen LogP contribution in [0.3, 0.4) is 0 Å². The van der Waals surface area contributed by atoms with Crippen molar-refractivity contribution in [2.75, 3.05) is 35.7 Å². The van der Waals surface area contributed by atoms with Crippen LogP contribution in [0.2, 0.25) is 0 Å². The fourth-order valence-electron chi connectivity index (χ4n) is 9.27. The monoisotopic (exact) mass is 875 g/mol. The van der Waals surface area contributed by atoms with Crippen molar-refractivity contribution in [2.45, 2.75) is 64.0 Å². The third-order valence-electron chi connectivity index (χ3n) is 13.2. The van der Waals surface area contributed by atoms with Gasteiger partial charge in [-0.15, -0.1) is 0 Å². The molecule has 0 radical (unpaired) electrons. The molecule has 3 fully saturated rings. The Kier molecular flexibility index (Phi) is 10.8. The molecular formula is C50H46FN7O7. The van der Waals surface area contributed by atoms with Gasteiger partial charge in [-0.25, -0.2) is 4.39 Å². The zero-order valence-corrected chi connectivity index (χ0v) is 35.7. The topological polar surface area (TPSA) is 172 Å². The maximum Gasteiger partial charge on any atom is 0.255 e. The number of imide groups is 1. The highest BCUT2D eigenvalue weighted by molar-refractivity contribution is 6.17. The number of fused-ring (bicyclic) bond motifs is 3. The Morgan fingerprint density at radius 3 is 2.26 bits per heavy atom. The van der Waals surface area contributed by atoms with Gasteiger partial charge < -0.3 is 29.9 Å². The van der Waals surface area contributed by atoms with Crippen LogP contribution >= 0.6 is 0 Å². The van der Waals surface area contributed by atoms with Crippen molar-refractivity contribution in [1.29, 1.82) is 0 Å². The molecule has 2 saturated heterocycles. The van der Waals surface area contributed by atoms with Crippen LogP contribution in [0.25, 0.3) is 21.8 Å². The number of hydrogen-bond donors (Lipinski definition) is 3. The number of piperidine rings is 2. The predicted octanol–water partition coefficient (Wildman–Crippen LogP) is 7.69. The molecule has 10 rings (SSSR count). The van der Waals surface area contributed by atoms with Gasteiger partial charge in [-0.2, -0.15) is 0 Å². The van der Waals surface area contributed by atoms with E-state index in [9.17, 15) is 28.4 Å². The van der Waals surface area contributed by atoms with Crippen LogP contribution in [0.4, 0.5) is 21.5 Å². The molecule has 0 unspecified atom stereocenters. The minimum Gasteiger partial charge on any atom is -0.495 e. The van der Waals surface area contributed by atoms with Crippen LogP contribution < -0.4 is 30.3 Å². The maximum absolute atomic E-state index is 13.3. The molecule has 6 aromatic rings. The molecule has 4 aromatic carbocycles. The first-order valence-electron chi connectivity index (χ1n) is 22.0. The van der Waals surface area contributed by atoms with Gasteiger partial charge in [-0.1, -0.05) is 6.07 Å². The number of aromatic nitrogens is 2. The Balaban J connectivity index is 0.743. The van der Waals surface area contributed by atoms with E-state index in [1.807, 2.05) is 36.4 Å². The third-order valence-corrected chi connectivity index (χ3v) is 13.2. The highest BCUT2D eigenvalue weighted by atomic mass is 19.1. The zero-order valence-electron chi connectivity index (χ0n) is 35.7. The van der Waals surface area contributed by atoms with Crippen LogP contribution in [-0.4, -0.2) is 70.6 Å². The highest BCUT2D eigenvalue weighted by Crippen LogP contribution is 2.48. The Morgan fingerprint density at radius 1 is 0.846 bits per heavy atom. The lowest BCUT2D eigenvalue weighted by molar-refractivity contribution is -0.137. The molecule has 1 saturated carbocycles. The molecule has 5 amide bonds. The normalized spacial score (nSPS) is 18.1. The van der Waals surface area contributed by atoms with Gasteiger partial charge in [0.25, 0.3) is 5.91 Å². The average Bonchev–Trinajstić information content (AvgIpc) is 4.08. The number of nitrogens with one attached hydrogen (secondary N) is 3. The second-order valence-electron chi connectivity index (χ2n) is 17.3. The lowest BCUT2D eigenvalue weighted by atomic mass is 9.91. The SMILES string of the molecule is COc1cc2c(Oc3ccc(NC(=O)C4(C(=O)Nc5ccc(F)cc5)CC4)cc3)ccnc2cc1N1CCC(CCc2ccc3cc4c(cc3n2)CN([C@H]2CCC(=O)NC2=O)C4=O)CC1. The van der Waals surface area contributed by atoms with E-state index in [1.54, 1.807) is 48.5 Å². The molecule has 2 aromatic heterocycles. The second-order valence-corrected chi connectivity index (χ2v) is 17.3. The molecule has 0 bridgehead atoms. The summed E-state index contributed by atoms with van der Waals surface area (Å²) in [4.78, 5) is 77.3. The summed E-state index contributed by atoms with van der Waals surface area (Å²) in [5.74, 6) is 0.249. The molecule has 4 aliphatic rings. The number of pyridine rings is 2. The number of nitrogens with zero attached hydrogens (tertiary/aromatic N) is 4. The smallest absolute Gasteiger partial charge is 0.255 e. The Morgan fingerprint density at radius 2 is 1.57 bits per heavy atom. The second kappa shape index (κ2) is 16.9. The maximum atomic E-state index is 13.3. The summed E-state index contributed by atoms with van der Waals surface area (Å²) < 4.78 is 25.6. The Bertz CT molecular complexity index is 2900. The number of rotatable bonds is 12. The first kappa shape index (κ1) is 41.6. The summed E-state index contributed by atoms with van der Waals surface area (Å²) in [6, 6.07) is 25.4. The molecule has 65 heavy (non-hydrogen) atoms. The van der Waals surface area contributed by atoms with E-state index in [1.165, 1.54) is 24.3 Å². The van der Waals surface area contributed by atoms with Gasteiger partial charge in [-0.3, -0.25) is 39.3 Å². The number of methoxy groups -OCH3 is 1. The van der Waals surface area contributed by atoms with Crippen LogP contribution in [0.5, 0.6) is 17.2 Å². The van der Waals surface area contributed by atoms with Crippen molar-refractivity contribution >= 4 is 68.4 Å². The van der Waals surface area contributed by atoms with Crippen molar-refractivity contribution in [3.05, 3.63) is 120 Å². The van der Waals surface area contributed by atoms with Crippen molar-refractivity contribution in [3.63, 3.8) is 0 Å². The molecule has 3 aliphatic heterocycles. The third kappa shape index (κ3) is 8.29. The van der Waals surface area contributed by atoms with Crippen molar-refractivity contribution in [2.24, 2.45) is 11.3 Å². The molecular weight excluding hydrogens is 830 g/mol. The van der Waals surface area contributed by atoms with Gasteiger partial charge >= 0.3 is 0 Å². The van der Waals surface area contributed by atoms with E-state index < -0.39 is 35.0 Å². The van der Waals surface area contributed by atoms with Gasteiger partial charge in [0, 0.05) is 65.7 Å². The summed E-state index contributed by atoms with van der Waals surface area (Å²) in [5.41, 5.74) is 4.77. The number of carbonyl (C=O) groups excluding carboxylic acids is 5. The molecule has 15 heteroatoms. The summed E-state index contributed by atoms with van der Waals surface area (Å²) in [5, 5.41) is 9.61. The molecule has 1 atom stereocenters. The van der Waals surface area contributed by atoms with E-state index in [0.29, 0.717) is 60.2 Å². The number of ether oxygens (including phenoxy) is 2. The number of hydrogen-bond acceptors (Lipinski definition) is 10. The highest BCUT2D eigenvalue weighted by Gasteiger charge is 2.56. The lowest BCUT2D eigenvalue weighted by Gasteiger charge is -2.34. The fourth-order valence-corrected chi connectivity index (χ4v) is 9.27. The first-order chi connectivity index (χ1) is 31.5. The van der Waals surface area contributed by atoms with Gasteiger partial charge in [0.15, 0.2) is 0 Å². The summed E-state index contributed by atoms with van der Waals surface area (Å²) in [6.45, 7) is 2.04. The van der Waals surface area contributed by atoms with Crippen LogP contribution in [0.15, 0.2) is 97.2 Å². The van der Waals surface area contributed by atoms with Gasteiger partial charge in [-0.05, 0) is 141 Å². The van der Waals surface area contributed by atoms with Gasteiger partial charge in [0.05, 0.1) is 23.8 Å². The molecule has 1 aliphatic carbocycles.